The number of ether oxygens (including phenoxy) is 1. The zero-order valence-corrected chi connectivity index (χ0v) is 18.1. The first kappa shape index (κ1) is 23.2. The molecule has 0 unspecified atom stereocenters. The Bertz CT molecular complexity index is 1170. The highest BCUT2D eigenvalue weighted by Crippen LogP contribution is 2.24. The van der Waals surface area contributed by atoms with Crippen LogP contribution in [0.4, 0.5) is 14.5 Å². The molecule has 0 radical (unpaired) electrons. The van der Waals surface area contributed by atoms with E-state index < -0.39 is 15.8 Å². The average molecular weight is 461 g/mol. The van der Waals surface area contributed by atoms with E-state index in [1.165, 1.54) is 54.6 Å². The van der Waals surface area contributed by atoms with Crippen LogP contribution in [0.5, 0.6) is 5.75 Å². The minimum atomic E-state index is -3.67. The number of carbonyl (C=O) groups excluding carboxylic acids is 1. The second-order valence-corrected chi connectivity index (χ2v) is 8.95. The van der Waals surface area contributed by atoms with Gasteiger partial charge in [-0.1, -0.05) is 30.3 Å². The van der Waals surface area contributed by atoms with E-state index in [-0.39, 0.29) is 37.0 Å². The third kappa shape index (κ3) is 6.52. The number of nitrogens with one attached hydrogen (secondary N) is 1. The van der Waals surface area contributed by atoms with Gasteiger partial charge >= 0.3 is 0 Å². The highest BCUT2D eigenvalue weighted by Gasteiger charge is 2.19. The van der Waals surface area contributed by atoms with Gasteiger partial charge in [-0.05, 0) is 48.0 Å². The minimum Gasteiger partial charge on any atom is -0.484 e. The second-order valence-electron chi connectivity index (χ2n) is 7.05. The van der Waals surface area contributed by atoms with Crippen molar-refractivity contribution >= 4 is 21.6 Å². The van der Waals surface area contributed by atoms with Crippen LogP contribution >= 0.6 is 0 Å². The maximum Gasteiger partial charge on any atom is 0.258 e. The van der Waals surface area contributed by atoms with Gasteiger partial charge in [0.2, 0.25) is 10.0 Å². The number of rotatable bonds is 9. The molecule has 0 saturated carbocycles. The van der Waals surface area contributed by atoms with E-state index in [4.69, 9.17) is 4.74 Å². The molecule has 0 saturated heterocycles. The van der Waals surface area contributed by atoms with Gasteiger partial charge in [-0.15, -0.1) is 0 Å². The summed E-state index contributed by atoms with van der Waals surface area (Å²) in [5.41, 5.74) is 1.33. The lowest BCUT2D eigenvalue weighted by Gasteiger charge is -2.23. The quantitative estimate of drug-likeness (QED) is 0.529. The van der Waals surface area contributed by atoms with Gasteiger partial charge in [-0.25, -0.2) is 17.2 Å². The summed E-state index contributed by atoms with van der Waals surface area (Å²) in [4.78, 5) is 12.0. The summed E-state index contributed by atoms with van der Waals surface area (Å²) in [5, 5.41) is 2.66. The Balaban J connectivity index is 1.59. The first-order valence-electron chi connectivity index (χ1n) is 9.67. The van der Waals surface area contributed by atoms with Crippen LogP contribution in [-0.2, 0) is 27.9 Å². The Morgan fingerprint density at radius 1 is 0.969 bits per heavy atom. The summed E-state index contributed by atoms with van der Waals surface area (Å²) < 4.78 is 57.9. The fourth-order valence-corrected chi connectivity index (χ4v) is 3.77. The molecule has 3 rings (SSSR count). The Hall–Kier alpha value is -3.46. The third-order valence-electron chi connectivity index (χ3n) is 4.57. The maximum absolute atomic E-state index is 14.0. The zero-order chi connectivity index (χ0) is 23.1. The molecule has 0 aliphatic rings. The van der Waals surface area contributed by atoms with Crippen molar-refractivity contribution in [2.24, 2.45) is 0 Å². The lowest BCUT2D eigenvalue weighted by molar-refractivity contribution is -0.123. The van der Waals surface area contributed by atoms with E-state index >= 15 is 0 Å². The summed E-state index contributed by atoms with van der Waals surface area (Å²) >= 11 is 0. The molecule has 9 heteroatoms. The van der Waals surface area contributed by atoms with Crippen LogP contribution in [-0.4, -0.2) is 27.2 Å². The van der Waals surface area contributed by atoms with Crippen LogP contribution in [0.3, 0.4) is 0 Å². The Morgan fingerprint density at radius 2 is 1.62 bits per heavy atom. The lowest BCUT2D eigenvalue weighted by atomic mass is 10.2. The van der Waals surface area contributed by atoms with E-state index in [0.29, 0.717) is 11.4 Å². The van der Waals surface area contributed by atoms with E-state index in [2.05, 4.69) is 5.32 Å². The van der Waals surface area contributed by atoms with Crippen molar-refractivity contribution < 1.29 is 26.7 Å². The van der Waals surface area contributed by atoms with Gasteiger partial charge in [0.25, 0.3) is 5.91 Å². The smallest absolute Gasteiger partial charge is 0.258 e. The zero-order valence-electron chi connectivity index (χ0n) is 17.3. The SMILES string of the molecule is CS(=O)(=O)N(Cc1ccccc1F)c1ccc(OCC(=O)NCc2ccc(F)cc2)cc1. The first-order chi connectivity index (χ1) is 15.2. The first-order valence-corrected chi connectivity index (χ1v) is 11.5. The Kier molecular flexibility index (Phi) is 7.42. The molecule has 0 heterocycles. The molecule has 0 fully saturated rings. The topological polar surface area (TPSA) is 75.7 Å². The van der Waals surface area contributed by atoms with Gasteiger partial charge < -0.3 is 10.1 Å². The fourth-order valence-electron chi connectivity index (χ4n) is 2.89. The fraction of sp³-hybridized carbons (Fsp3) is 0.174. The normalized spacial score (nSPS) is 11.1. The number of nitrogens with zero attached hydrogens (tertiary/aromatic N) is 1. The van der Waals surface area contributed by atoms with Crippen molar-refractivity contribution in [1.82, 2.24) is 5.32 Å². The Labute approximate surface area is 185 Å². The molecule has 6 nitrogen and oxygen atoms in total. The van der Waals surface area contributed by atoms with Crippen LogP contribution in [0.15, 0.2) is 72.8 Å². The van der Waals surface area contributed by atoms with Crippen molar-refractivity contribution in [3.63, 3.8) is 0 Å². The largest absolute Gasteiger partial charge is 0.484 e. The highest BCUT2D eigenvalue weighted by molar-refractivity contribution is 7.92. The number of hydrogen-bond acceptors (Lipinski definition) is 4. The van der Waals surface area contributed by atoms with Crippen molar-refractivity contribution in [2.45, 2.75) is 13.1 Å². The molecule has 0 atom stereocenters. The predicted octanol–water partition coefficient (Wildman–Crippen LogP) is 3.63. The number of benzene rings is 3. The van der Waals surface area contributed by atoms with E-state index in [0.717, 1.165) is 16.1 Å². The van der Waals surface area contributed by atoms with Gasteiger partial charge in [0.1, 0.15) is 17.4 Å². The van der Waals surface area contributed by atoms with Gasteiger partial charge in [-0.2, -0.15) is 0 Å². The second kappa shape index (κ2) is 10.2. The maximum atomic E-state index is 14.0. The average Bonchev–Trinajstić information content (AvgIpc) is 2.76. The standard InChI is InChI=1S/C23H22F2N2O4S/c1-32(29,30)27(15-18-4-2-3-5-22(18)25)20-10-12-21(13-11-20)31-16-23(28)26-14-17-6-8-19(24)9-7-17/h2-13H,14-16H2,1H3,(H,26,28). The van der Waals surface area contributed by atoms with Gasteiger partial charge in [0.05, 0.1) is 18.5 Å². The number of amides is 1. The molecule has 168 valence electrons. The number of carbonyl (C=O) groups is 1. The molecule has 3 aromatic carbocycles. The molecule has 1 amide bonds. The number of hydrogen-bond donors (Lipinski definition) is 1. The number of halogens is 2. The summed E-state index contributed by atoms with van der Waals surface area (Å²) in [5.74, 6) is -0.844. The molecule has 0 aliphatic heterocycles. The molecule has 32 heavy (non-hydrogen) atoms. The molecular formula is C23H22F2N2O4S. The monoisotopic (exact) mass is 460 g/mol. The number of anilines is 1. The summed E-state index contributed by atoms with van der Waals surface area (Å²) in [6, 6.07) is 17.8. The van der Waals surface area contributed by atoms with Crippen LogP contribution in [0.25, 0.3) is 0 Å². The van der Waals surface area contributed by atoms with Crippen LogP contribution < -0.4 is 14.4 Å². The molecule has 0 aliphatic carbocycles. The van der Waals surface area contributed by atoms with Crippen molar-refractivity contribution in [2.75, 3.05) is 17.2 Å². The molecule has 0 aromatic heterocycles. The van der Waals surface area contributed by atoms with E-state index in [1.54, 1.807) is 18.2 Å². The summed E-state index contributed by atoms with van der Waals surface area (Å²) in [6.45, 7) is -0.163. The summed E-state index contributed by atoms with van der Waals surface area (Å²) in [6.07, 6.45) is 1.05. The molecule has 3 aromatic rings. The van der Waals surface area contributed by atoms with Crippen molar-refractivity contribution in [3.05, 3.63) is 95.6 Å². The van der Waals surface area contributed by atoms with Gasteiger partial charge in [0.15, 0.2) is 6.61 Å². The van der Waals surface area contributed by atoms with Crippen LogP contribution in [0.2, 0.25) is 0 Å². The van der Waals surface area contributed by atoms with Crippen molar-refractivity contribution in [3.8, 4) is 5.75 Å². The minimum absolute atomic E-state index is 0.155. The van der Waals surface area contributed by atoms with Crippen molar-refractivity contribution in [1.29, 1.82) is 0 Å². The van der Waals surface area contributed by atoms with E-state index in [9.17, 15) is 22.0 Å². The third-order valence-corrected chi connectivity index (χ3v) is 5.71. The van der Waals surface area contributed by atoms with Gasteiger partial charge in [0, 0.05) is 12.1 Å². The Morgan fingerprint density at radius 3 is 2.25 bits per heavy atom. The predicted molar refractivity (Wildman–Crippen MR) is 118 cm³/mol. The van der Waals surface area contributed by atoms with E-state index in [1.807, 2.05) is 0 Å². The molecular weight excluding hydrogens is 438 g/mol. The molecule has 0 bridgehead atoms. The number of sulfonamides is 1. The van der Waals surface area contributed by atoms with Gasteiger partial charge in [-0.3, -0.25) is 9.10 Å². The lowest BCUT2D eigenvalue weighted by Crippen LogP contribution is -2.29. The molecule has 0 spiro atoms. The van der Waals surface area contributed by atoms with Crippen LogP contribution in [0.1, 0.15) is 11.1 Å². The summed E-state index contributed by atoms with van der Waals surface area (Å²) in [7, 11) is -3.67. The van der Waals surface area contributed by atoms with Crippen LogP contribution in [0, 0.1) is 11.6 Å². The molecule has 1 N–H and O–H groups in total. The highest BCUT2D eigenvalue weighted by atomic mass is 32.2.